The third-order valence-corrected chi connectivity index (χ3v) is 3.91. The van der Waals surface area contributed by atoms with Crippen molar-refractivity contribution in [2.45, 2.75) is 44.6 Å². The number of H-pyrrole nitrogens is 1. The number of aromatic amines is 1. The second-order valence-electron chi connectivity index (χ2n) is 4.23. The van der Waals surface area contributed by atoms with Crippen LogP contribution in [-0.4, -0.2) is 15.2 Å². The first-order valence-electron chi connectivity index (χ1n) is 5.32. The molecule has 0 fully saturated rings. The minimum atomic E-state index is -0.0851. The van der Waals surface area contributed by atoms with Gasteiger partial charge in [0.15, 0.2) is 0 Å². The zero-order valence-corrected chi connectivity index (χ0v) is 12.4. The lowest BCUT2D eigenvalue weighted by Crippen LogP contribution is -2.16. The summed E-state index contributed by atoms with van der Waals surface area (Å²) in [5, 5.41) is 0.538. The highest BCUT2D eigenvalue weighted by atomic mass is 79.9. The SMILES string of the molecule is CC(C)SCc1nc(C(C)C)c(Br)c(=O)[nH]1. The quantitative estimate of drug-likeness (QED) is 0.928. The average molecular weight is 305 g/mol. The highest BCUT2D eigenvalue weighted by Crippen LogP contribution is 2.20. The molecule has 0 aromatic carbocycles. The van der Waals surface area contributed by atoms with Gasteiger partial charge < -0.3 is 4.98 Å². The van der Waals surface area contributed by atoms with E-state index in [9.17, 15) is 4.79 Å². The van der Waals surface area contributed by atoms with Crippen LogP contribution in [0.15, 0.2) is 9.27 Å². The van der Waals surface area contributed by atoms with Gasteiger partial charge in [0.25, 0.3) is 5.56 Å². The molecular weight excluding hydrogens is 288 g/mol. The summed E-state index contributed by atoms with van der Waals surface area (Å²) in [6, 6.07) is 0. The summed E-state index contributed by atoms with van der Waals surface area (Å²) >= 11 is 5.05. The van der Waals surface area contributed by atoms with Crippen LogP contribution in [0.5, 0.6) is 0 Å². The number of nitrogens with zero attached hydrogens (tertiary/aromatic N) is 1. The third kappa shape index (κ3) is 3.63. The van der Waals surface area contributed by atoms with Crippen molar-refractivity contribution in [1.29, 1.82) is 0 Å². The topological polar surface area (TPSA) is 45.8 Å². The second kappa shape index (κ2) is 5.87. The second-order valence-corrected chi connectivity index (χ2v) is 6.58. The first-order valence-corrected chi connectivity index (χ1v) is 7.16. The molecule has 0 amide bonds. The van der Waals surface area contributed by atoms with Crippen molar-refractivity contribution < 1.29 is 0 Å². The lowest BCUT2D eigenvalue weighted by Gasteiger charge is -2.10. The van der Waals surface area contributed by atoms with E-state index in [4.69, 9.17) is 0 Å². The molecule has 1 rings (SSSR count). The van der Waals surface area contributed by atoms with E-state index in [2.05, 4.69) is 39.7 Å². The van der Waals surface area contributed by atoms with E-state index in [0.717, 1.165) is 17.3 Å². The van der Waals surface area contributed by atoms with E-state index in [1.54, 1.807) is 11.8 Å². The highest BCUT2D eigenvalue weighted by Gasteiger charge is 2.12. The molecule has 3 nitrogen and oxygen atoms in total. The van der Waals surface area contributed by atoms with E-state index >= 15 is 0 Å². The molecule has 0 aliphatic carbocycles. The lowest BCUT2D eigenvalue weighted by molar-refractivity contribution is 0.783. The lowest BCUT2D eigenvalue weighted by atomic mass is 10.1. The van der Waals surface area contributed by atoms with Crippen LogP contribution in [0.4, 0.5) is 0 Å². The molecule has 0 saturated carbocycles. The van der Waals surface area contributed by atoms with Crippen LogP contribution < -0.4 is 5.56 Å². The fraction of sp³-hybridized carbons (Fsp3) is 0.636. The molecule has 0 aliphatic rings. The molecule has 0 saturated heterocycles. The van der Waals surface area contributed by atoms with Gasteiger partial charge in [-0.3, -0.25) is 4.79 Å². The van der Waals surface area contributed by atoms with Crippen LogP contribution in [0.3, 0.4) is 0 Å². The Morgan fingerprint density at radius 1 is 1.38 bits per heavy atom. The van der Waals surface area contributed by atoms with Crippen LogP contribution in [-0.2, 0) is 5.75 Å². The summed E-state index contributed by atoms with van der Waals surface area (Å²) in [6.07, 6.45) is 0. The maximum absolute atomic E-state index is 11.7. The van der Waals surface area contributed by atoms with Crippen LogP contribution in [0.2, 0.25) is 0 Å². The maximum atomic E-state index is 11.7. The normalized spacial score (nSPS) is 11.4. The summed E-state index contributed by atoms with van der Waals surface area (Å²) in [7, 11) is 0. The Labute approximate surface area is 109 Å². The molecule has 1 aromatic heterocycles. The molecule has 1 N–H and O–H groups in total. The minimum absolute atomic E-state index is 0.0851. The van der Waals surface area contributed by atoms with Crippen molar-refractivity contribution in [2.24, 2.45) is 0 Å². The fourth-order valence-corrected chi connectivity index (χ4v) is 2.49. The van der Waals surface area contributed by atoms with Crippen molar-refractivity contribution in [3.05, 3.63) is 26.3 Å². The Kier molecular flexibility index (Phi) is 5.05. The first kappa shape index (κ1) is 13.8. The van der Waals surface area contributed by atoms with Gasteiger partial charge in [-0.25, -0.2) is 4.98 Å². The number of hydrogen-bond donors (Lipinski definition) is 1. The van der Waals surface area contributed by atoms with Crippen molar-refractivity contribution in [2.75, 3.05) is 0 Å². The summed E-state index contributed by atoms with van der Waals surface area (Å²) < 4.78 is 0.556. The number of thioether (sulfide) groups is 1. The summed E-state index contributed by atoms with van der Waals surface area (Å²) in [5.41, 5.74) is 0.751. The number of halogens is 1. The smallest absolute Gasteiger partial charge is 0.265 e. The number of aromatic nitrogens is 2. The fourth-order valence-electron chi connectivity index (χ4n) is 1.22. The number of nitrogens with one attached hydrogen (secondary N) is 1. The largest absolute Gasteiger partial charge is 0.309 e. The molecular formula is C11H17BrN2OS. The van der Waals surface area contributed by atoms with E-state index in [1.165, 1.54) is 0 Å². The minimum Gasteiger partial charge on any atom is -0.309 e. The zero-order chi connectivity index (χ0) is 12.3. The predicted octanol–water partition coefficient (Wildman–Crippen LogP) is 3.30. The summed E-state index contributed by atoms with van der Waals surface area (Å²) in [4.78, 5) is 18.9. The van der Waals surface area contributed by atoms with Gasteiger partial charge in [-0.2, -0.15) is 11.8 Å². The Hall–Kier alpha value is -0.290. The number of hydrogen-bond acceptors (Lipinski definition) is 3. The molecule has 0 bridgehead atoms. The van der Waals surface area contributed by atoms with Gasteiger partial charge in [-0.05, 0) is 27.1 Å². The van der Waals surface area contributed by atoms with Gasteiger partial charge in [0, 0.05) is 0 Å². The van der Waals surface area contributed by atoms with Gasteiger partial charge in [0.2, 0.25) is 0 Å². The van der Waals surface area contributed by atoms with Crippen molar-refractivity contribution in [3.63, 3.8) is 0 Å². The van der Waals surface area contributed by atoms with Gasteiger partial charge in [0.1, 0.15) is 10.3 Å². The monoisotopic (exact) mass is 304 g/mol. The number of rotatable bonds is 4. The van der Waals surface area contributed by atoms with Gasteiger partial charge in [-0.1, -0.05) is 27.7 Å². The van der Waals surface area contributed by atoms with Crippen molar-refractivity contribution >= 4 is 27.7 Å². The Balaban J connectivity index is 3.00. The molecule has 1 heterocycles. The van der Waals surface area contributed by atoms with Gasteiger partial charge in [0.05, 0.1) is 11.4 Å². The van der Waals surface area contributed by atoms with Gasteiger partial charge >= 0.3 is 0 Å². The molecule has 5 heteroatoms. The molecule has 0 spiro atoms. The molecule has 16 heavy (non-hydrogen) atoms. The Morgan fingerprint density at radius 2 is 2.00 bits per heavy atom. The maximum Gasteiger partial charge on any atom is 0.265 e. The van der Waals surface area contributed by atoms with E-state index in [-0.39, 0.29) is 11.5 Å². The average Bonchev–Trinajstić information content (AvgIpc) is 2.19. The Bertz CT molecular complexity index is 415. The highest BCUT2D eigenvalue weighted by molar-refractivity contribution is 9.10. The van der Waals surface area contributed by atoms with Gasteiger partial charge in [-0.15, -0.1) is 0 Å². The van der Waals surface area contributed by atoms with E-state index < -0.39 is 0 Å². The van der Waals surface area contributed by atoms with Crippen molar-refractivity contribution in [1.82, 2.24) is 9.97 Å². The Morgan fingerprint density at radius 3 is 2.50 bits per heavy atom. The summed E-state index contributed by atoms with van der Waals surface area (Å²) in [5.74, 6) is 1.76. The molecule has 0 aliphatic heterocycles. The van der Waals surface area contributed by atoms with E-state index in [0.29, 0.717) is 9.72 Å². The molecule has 90 valence electrons. The van der Waals surface area contributed by atoms with Crippen LogP contribution in [0.1, 0.15) is 45.1 Å². The van der Waals surface area contributed by atoms with Crippen molar-refractivity contribution in [3.8, 4) is 0 Å². The summed E-state index contributed by atoms with van der Waals surface area (Å²) in [6.45, 7) is 8.33. The third-order valence-electron chi connectivity index (χ3n) is 2.04. The predicted molar refractivity (Wildman–Crippen MR) is 73.1 cm³/mol. The van der Waals surface area contributed by atoms with Crippen LogP contribution in [0.25, 0.3) is 0 Å². The molecule has 0 unspecified atom stereocenters. The molecule has 0 radical (unpaired) electrons. The van der Waals surface area contributed by atoms with Crippen LogP contribution >= 0.6 is 27.7 Å². The zero-order valence-electron chi connectivity index (χ0n) is 10.0. The first-order chi connectivity index (χ1) is 7.41. The van der Waals surface area contributed by atoms with Crippen LogP contribution in [0, 0.1) is 0 Å². The van der Waals surface area contributed by atoms with E-state index in [1.807, 2.05) is 13.8 Å². The molecule has 0 atom stereocenters. The molecule has 1 aromatic rings. The standard InChI is InChI=1S/C11H17BrN2OS/c1-6(2)10-9(12)11(15)14-8(13-10)5-16-7(3)4/h6-7H,5H2,1-4H3,(H,13,14,15).